The van der Waals surface area contributed by atoms with Gasteiger partial charge in [-0.1, -0.05) is 50.1 Å². The minimum absolute atomic E-state index is 0.0907. The number of carbonyl (C=O) groups is 3. The highest BCUT2D eigenvalue weighted by atomic mass is 16.5. The van der Waals surface area contributed by atoms with Gasteiger partial charge in [0.15, 0.2) is 0 Å². The van der Waals surface area contributed by atoms with Crippen LogP contribution in [0.5, 0.6) is 0 Å². The van der Waals surface area contributed by atoms with E-state index >= 15 is 0 Å². The third-order valence-corrected chi connectivity index (χ3v) is 8.71. The molecule has 1 aromatic carbocycles. The zero-order valence-electron chi connectivity index (χ0n) is 23.9. The van der Waals surface area contributed by atoms with Crippen LogP contribution < -0.4 is 4.90 Å². The summed E-state index contributed by atoms with van der Waals surface area (Å²) in [4.78, 5) is 47.9. The van der Waals surface area contributed by atoms with E-state index in [4.69, 9.17) is 4.74 Å². The van der Waals surface area contributed by atoms with E-state index in [-0.39, 0.29) is 24.3 Å². The number of ether oxygens (including phenoxy) is 1. The van der Waals surface area contributed by atoms with E-state index in [2.05, 4.69) is 20.1 Å². The smallest absolute Gasteiger partial charge is 0.248 e. The molecule has 3 heterocycles. The predicted molar refractivity (Wildman–Crippen MR) is 156 cm³/mol. The van der Waals surface area contributed by atoms with Crippen molar-refractivity contribution in [3.63, 3.8) is 0 Å². The van der Waals surface area contributed by atoms with Crippen molar-refractivity contribution in [3.8, 4) is 0 Å². The molecule has 1 aromatic rings. The summed E-state index contributed by atoms with van der Waals surface area (Å²) in [5.74, 6) is -1.81. The first kappa shape index (κ1) is 30.0. The zero-order valence-corrected chi connectivity index (χ0v) is 23.9. The lowest BCUT2D eigenvalue weighted by Gasteiger charge is -2.37. The summed E-state index contributed by atoms with van der Waals surface area (Å²) in [7, 11) is 0. The van der Waals surface area contributed by atoms with Crippen molar-refractivity contribution in [1.29, 1.82) is 0 Å². The second kappa shape index (κ2) is 13.6. The van der Waals surface area contributed by atoms with Crippen LogP contribution in [0, 0.1) is 11.8 Å². The van der Waals surface area contributed by atoms with Crippen molar-refractivity contribution in [3.05, 3.63) is 55.6 Å². The van der Waals surface area contributed by atoms with Gasteiger partial charge in [-0.3, -0.25) is 14.4 Å². The Morgan fingerprint density at radius 2 is 1.82 bits per heavy atom. The predicted octanol–water partition coefficient (Wildman–Crippen LogP) is 3.95. The first-order valence-electron chi connectivity index (χ1n) is 14.9. The van der Waals surface area contributed by atoms with E-state index in [1.54, 1.807) is 26.9 Å². The maximum Gasteiger partial charge on any atom is 0.248 e. The fourth-order valence-corrected chi connectivity index (χ4v) is 6.94. The van der Waals surface area contributed by atoms with Crippen LogP contribution in [0.2, 0.25) is 0 Å². The summed E-state index contributed by atoms with van der Waals surface area (Å²) in [6.45, 7) is 11.6. The van der Waals surface area contributed by atoms with Crippen LogP contribution in [0.1, 0.15) is 58.3 Å². The van der Waals surface area contributed by atoms with Gasteiger partial charge in [-0.2, -0.15) is 0 Å². The number of likely N-dealkylation sites (tertiary alicyclic amines) is 1. The maximum atomic E-state index is 14.3. The van der Waals surface area contributed by atoms with Crippen LogP contribution in [-0.2, 0) is 19.1 Å². The molecule has 4 rings (SSSR count). The summed E-state index contributed by atoms with van der Waals surface area (Å²) in [5.41, 5.74) is -0.270. The molecule has 0 radical (unpaired) electrons. The van der Waals surface area contributed by atoms with Gasteiger partial charge in [0.05, 0.1) is 17.9 Å². The minimum Gasteiger partial charge on any atom is -0.396 e. The number of aliphatic hydroxyl groups excluding tert-OH is 1. The Bertz CT molecular complexity index is 1060. The van der Waals surface area contributed by atoms with Crippen molar-refractivity contribution < 1.29 is 24.2 Å². The van der Waals surface area contributed by atoms with Gasteiger partial charge in [-0.15, -0.1) is 13.2 Å². The van der Waals surface area contributed by atoms with Gasteiger partial charge >= 0.3 is 0 Å². The Morgan fingerprint density at radius 1 is 1.07 bits per heavy atom. The van der Waals surface area contributed by atoms with Crippen LogP contribution in [0.25, 0.3) is 0 Å². The van der Waals surface area contributed by atoms with Crippen LogP contribution in [0.15, 0.2) is 55.6 Å². The number of unbranched alkanes of at least 4 members (excludes halogenated alkanes) is 4. The number of rotatable bonds is 16. The largest absolute Gasteiger partial charge is 0.396 e. The van der Waals surface area contributed by atoms with E-state index in [1.165, 1.54) is 0 Å². The standard InChI is InChI=1S/C32H45N3O5/c1-4-7-12-21-33(19-5-2)31(39)28-32-18-17-25(40-32)26(27(32)30(38)35(28)22-13-9-14-23-36)29(37)34(20-6-3)24-15-10-8-11-16-24/h5-6,8,10-11,15-16,25-28,36H,2-4,7,9,12-14,17-23H2,1H3/t25-,26+,27-,28?,32?/m0/s1. The number of para-hydroxylation sites is 1. The molecule has 0 aliphatic carbocycles. The molecule has 218 valence electrons. The van der Waals surface area contributed by atoms with Gasteiger partial charge in [0.25, 0.3) is 0 Å². The summed E-state index contributed by atoms with van der Waals surface area (Å²) in [5, 5.41) is 9.27. The Kier molecular flexibility index (Phi) is 10.2. The van der Waals surface area contributed by atoms with Gasteiger partial charge in [0, 0.05) is 38.5 Å². The molecule has 3 saturated heterocycles. The topological polar surface area (TPSA) is 90.4 Å². The molecular formula is C32H45N3O5. The highest BCUT2D eigenvalue weighted by Crippen LogP contribution is 2.59. The molecule has 0 saturated carbocycles. The third-order valence-electron chi connectivity index (χ3n) is 8.71. The monoisotopic (exact) mass is 551 g/mol. The van der Waals surface area contributed by atoms with Gasteiger partial charge in [0.2, 0.25) is 17.7 Å². The van der Waals surface area contributed by atoms with Crippen LogP contribution >= 0.6 is 0 Å². The highest BCUT2D eigenvalue weighted by molar-refractivity contribution is 6.03. The number of fused-ring (bicyclic) bond motifs is 1. The second-order valence-electron chi connectivity index (χ2n) is 11.2. The fourth-order valence-electron chi connectivity index (χ4n) is 6.94. The average molecular weight is 552 g/mol. The lowest BCUT2D eigenvalue weighted by molar-refractivity contribution is -0.147. The number of anilines is 1. The first-order valence-corrected chi connectivity index (χ1v) is 14.9. The quantitative estimate of drug-likeness (QED) is 0.248. The van der Waals surface area contributed by atoms with E-state index < -0.39 is 29.6 Å². The fraction of sp³-hybridized carbons (Fsp3) is 0.594. The molecule has 5 atom stereocenters. The summed E-state index contributed by atoms with van der Waals surface area (Å²) in [6.07, 6.45) is 9.21. The van der Waals surface area contributed by atoms with Gasteiger partial charge < -0.3 is 24.5 Å². The van der Waals surface area contributed by atoms with E-state index in [1.807, 2.05) is 30.3 Å². The van der Waals surface area contributed by atoms with Crippen molar-refractivity contribution in [2.75, 3.05) is 37.7 Å². The summed E-state index contributed by atoms with van der Waals surface area (Å²) in [6, 6.07) is 8.65. The molecule has 8 heteroatoms. The highest BCUT2D eigenvalue weighted by Gasteiger charge is 2.74. The lowest BCUT2D eigenvalue weighted by atomic mass is 9.70. The van der Waals surface area contributed by atoms with Gasteiger partial charge in [-0.05, 0) is 50.7 Å². The van der Waals surface area contributed by atoms with Gasteiger partial charge in [-0.25, -0.2) is 0 Å². The molecule has 1 N–H and O–H groups in total. The average Bonchev–Trinajstić information content (AvgIpc) is 3.61. The molecule has 0 aromatic heterocycles. The number of benzene rings is 1. The number of hydrogen-bond acceptors (Lipinski definition) is 5. The van der Waals surface area contributed by atoms with E-state index in [0.29, 0.717) is 51.9 Å². The van der Waals surface area contributed by atoms with Crippen molar-refractivity contribution in [2.24, 2.45) is 11.8 Å². The molecule has 3 amide bonds. The van der Waals surface area contributed by atoms with E-state index in [9.17, 15) is 19.5 Å². The van der Waals surface area contributed by atoms with Gasteiger partial charge in [0.1, 0.15) is 11.6 Å². The Labute approximate surface area is 238 Å². The molecule has 1 spiro atoms. The molecule has 8 nitrogen and oxygen atoms in total. The molecule has 3 fully saturated rings. The molecule has 40 heavy (non-hydrogen) atoms. The lowest BCUT2D eigenvalue weighted by Crippen LogP contribution is -2.56. The maximum absolute atomic E-state index is 14.3. The number of amides is 3. The van der Waals surface area contributed by atoms with Crippen LogP contribution in [-0.4, -0.2) is 83.2 Å². The first-order chi connectivity index (χ1) is 19.4. The Morgan fingerprint density at radius 3 is 2.50 bits per heavy atom. The van der Waals surface area contributed by atoms with Crippen molar-refractivity contribution in [1.82, 2.24) is 9.80 Å². The number of nitrogens with zero attached hydrogens (tertiary/aromatic N) is 3. The zero-order chi connectivity index (χ0) is 28.7. The number of hydrogen-bond donors (Lipinski definition) is 1. The number of carbonyl (C=O) groups excluding carboxylic acids is 3. The van der Waals surface area contributed by atoms with Crippen LogP contribution in [0.4, 0.5) is 5.69 Å². The Balaban J connectivity index is 1.69. The van der Waals surface area contributed by atoms with Crippen molar-refractivity contribution in [2.45, 2.75) is 76.0 Å². The molecule has 2 bridgehead atoms. The molecule has 3 aliphatic rings. The second-order valence-corrected chi connectivity index (χ2v) is 11.2. The molecule has 3 aliphatic heterocycles. The van der Waals surface area contributed by atoms with Crippen LogP contribution in [0.3, 0.4) is 0 Å². The summed E-state index contributed by atoms with van der Waals surface area (Å²) >= 11 is 0. The molecule has 2 unspecified atom stereocenters. The third kappa shape index (κ3) is 5.61. The van der Waals surface area contributed by atoms with E-state index in [0.717, 1.165) is 31.4 Å². The van der Waals surface area contributed by atoms with Crippen molar-refractivity contribution >= 4 is 23.4 Å². The minimum atomic E-state index is -1.02. The molecular weight excluding hydrogens is 506 g/mol. The SMILES string of the molecule is C=CCN(CCCCC)C(=O)C1N(CCCCCO)C(=O)[C@@H]2[C@H](C(=O)N(CC=C)c3ccccc3)[C@@H]3CCC12O3. The Hall–Kier alpha value is -2.97. The summed E-state index contributed by atoms with van der Waals surface area (Å²) < 4.78 is 6.65. The normalized spacial score (nSPS) is 26.6. The number of aliphatic hydroxyl groups is 1.